The molecule has 0 atom stereocenters. The van der Waals surface area contributed by atoms with Crippen molar-refractivity contribution in [3.63, 3.8) is 0 Å². The van der Waals surface area contributed by atoms with E-state index in [-0.39, 0.29) is 24.0 Å². The summed E-state index contributed by atoms with van der Waals surface area (Å²) in [5.41, 5.74) is 1.76. The lowest BCUT2D eigenvalue weighted by molar-refractivity contribution is -0.895. The molecule has 1 aliphatic heterocycles. The molecule has 8 heteroatoms. The Hall–Kier alpha value is -2.55. The minimum atomic E-state index is -3.37. The number of para-hydroxylation sites is 1. The first-order chi connectivity index (χ1) is 13.8. The molecule has 1 heterocycles. The summed E-state index contributed by atoms with van der Waals surface area (Å²) in [5.74, 6) is -0.300. The topological polar surface area (TPSA) is 88.0 Å². The molecular formula is C21H26N3O4S+. The molecule has 0 spiro atoms. The Balaban J connectivity index is 1.52. The van der Waals surface area contributed by atoms with Crippen LogP contribution in [0.1, 0.15) is 22.8 Å². The predicted octanol–water partition coefficient (Wildman–Crippen LogP) is 0.558. The van der Waals surface area contributed by atoms with Crippen LogP contribution < -0.4 is 10.2 Å². The second-order valence-corrected chi connectivity index (χ2v) is 9.19. The van der Waals surface area contributed by atoms with Crippen LogP contribution in [0, 0.1) is 0 Å². The highest BCUT2D eigenvalue weighted by Crippen LogP contribution is 2.15. The summed E-state index contributed by atoms with van der Waals surface area (Å²) in [5, 5.41) is 2.80. The fourth-order valence-electron chi connectivity index (χ4n) is 3.45. The third-order valence-electron chi connectivity index (χ3n) is 5.01. The summed E-state index contributed by atoms with van der Waals surface area (Å²) in [6.45, 7) is 3.61. The molecule has 2 N–H and O–H groups in total. The Morgan fingerprint density at radius 1 is 1.00 bits per heavy atom. The van der Waals surface area contributed by atoms with Crippen LogP contribution >= 0.6 is 0 Å². The Labute approximate surface area is 171 Å². The van der Waals surface area contributed by atoms with Gasteiger partial charge in [-0.1, -0.05) is 42.5 Å². The zero-order chi connectivity index (χ0) is 20.9. The normalized spacial score (nSPS) is 15.8. The van der Waals surface area contributed by atoms with E-state index < -0.39 is 10.0 Å². The van der Waals surface area contributed by atoms with E-state index in [0.29, 0.717) is 37.4 Å². The first-order valence-electron chi connectivity index (χ1n) is 9.60. The van der Waals surface area contributed by atoms with Gasteiger partial charge in [-0.3, -0.25) is 9.59 Å². The van der Waals surface area contributed by atoms with Gasteiger partial charge >= 0.3 is 0 Å². The van der Waals surface area contributed by atoms with Crippen molar-refractivity contribution in [3.05, 3.63) is 65.7 Å². The van der Waals surface area contributed by atoms with E-state index in [4.69, 9.17) is 0 Å². The van der Waals surface area contributed by atoms with E-state index in [1.807, 2.05) is 30.3 Å². The Morgan fingerprint density at radius 2 is 1.62 bits per heavy atom. The molecule has 7 nitrogen and oxygen atoms in total. The minimum Gasteiger partial charge on any atom is -0.325 e. The maximum atomic E-state index is 12.6. The van der Waals surface area contributed by atoms with Crippen LogP contribution in [0.25, 0.3) is 0 Å². The van der Waals surface area contributed by atoms with Gasteiger partial charge in [0.2, 0.25) is 10.0 Å². The van der Waals surface area contributed by atoms with Crippen LogP contribution in [0.5, 0.6) is 0 Å². The highest BCUT2D eigenvalue weighted by atomic mass is 32.2. The average Bonchev–Trinajstić information content (AvgIpc) is 2.69. The lowest BCUT2D eigenvalue weighted by Crippen LogP contribution is -3.15. The van der Waals surface area contributed by atoms with Gasteiger partial charge in [0.25, 0.3) is 5.91 Å². The van der Waals surface area contributed by atoms with Gasteiger partial charge in [0, 0.05) is 5.56 Å². The van der Waals surface area contributed by atoms with Crippen molar-refractivity contribution < 1.29 is 22.9 Å². The van der Waals surface area contributed by atoms with Gasteiger partial charge in [-0.05, 0) is 24.6 Å². The number of anilines is 1. The summed E-state index contributed by atoms with van der Waals surface area (Å²) in [7, 11) is -3.37. The molecule has 0 aromatic heterocycles. The quantitative estimate of drug-likeness (QED) is 0.646. The summed E-state index contributed by atoms with van der Waals surface area (Å²) < 4.78 is 26.8. The number of nitrogens with one attached hydrogen (secondary N) is 2. The van der Waals surface area contributed by atoms with Gasteiger partial charge in [0.05, 0.1) is 37.6 Å². The lowest BCUT2D eigenvalue weighted by atomic mass is 10.1. The maximum absolute atomic E-state index is 12.6. The highest BCUT2D eigenvalue weighted by Gasteiger charge is 2.30. The molecule has 0 bridgehead atoms. The van der Waals surface area contributed by atoms with Crippen molar-refractivity contribution in [2.45, 2.75) is 12.7 Å². The number of piperazine rings is 1. The van der Waals surface area contributed by atoms with Gasteiger partial charge in [0.1, 0.15) is 0 Å². The number of quaternary nitrogens is 1. The number of hydrogen-bond acceptors (Lipinski definition) is 4. The second-order valence-electron chi connectivity index (χ2n) is 7.22. The van der Waals surface area contributed by atoms with Crippen LogP contribution in [-0.4, -0.2) is 57.1 Å². The monoisotopic (exact) mass is 416 g/mol. The van der Waals surface area contributed by atoms with Crippen LogP contribution in [-0.2, 0) is 20.6 Å². The third-order valence-corrected chi connectivity index (χ3v) is 6.86. The molecule has 154 valence electrons. The molecule has 29 heavy (non-hydrogen) atoms. The predicted molar refractivity (Wildman–Crippen MR) is 111 cm³/mol. The summed E-state index contributed by atoms with van der Waals surface area (Å²) in [4.78, 5) is 25.1. The number of hydrogen-bond donors (Lipinski definition) is 2. The van der Waals surface area contributed by atoms with Gasteiger partial charge in [-0.15, -0.1) is 0 Å². The number of carbonyl (C=O) groups excluding carboxylic acids is 2. The molecule has 1 amide bonds. The molecule has 2 aromatic carbocycles. The van der Waals surface area contributed by atoms with E-state index in [0.717, 1.165) is 10.5 Å². The summed E-state index contributed by atoms with van der Waals surface area (Å²) in [6, 6.07) is 16.0. The zero-order valence-electron chi connectivity index (χ0n) is 16.4. The smallest absolute Gasteiger partial charge is 0.279 e. The molecule has 2 aromatic rings. The Kier molecular flexibility index (Phi) is 6.79. The number of rotatable bonds is 7. The van der Waals surface area contributed by atoms with Gasteiger partial charge < -0.3 is 10.2 Å². The summed E-state index contributed by atoms with van der Waals surface area (Å²) in [6.07, 6.45) is 0. The standard InChI is InChI=1S/C21H25N3O4S/c1-17(25)19-9-5-6-10-20(19)22-21(26)15-23-11-13-24(14-12-23)29(27,28)16-18-7-3-2-4-8-18/h2-10H,11-16H2,1H3,(H,22,26)/p+1. The van der Waals surface area contributed by atoms with Crippen molar-refractivity contribution in [2.75, 3.05) is 38.0 Å². The van der Waals surface area contributed by atoms with Crippen LogP contribution in [0.15, 0.2) is 54.6 Å². The molecule has 1 saturated heterocycles. The molecule has 0 saturated carbocycles. The second kappa shape index (κ2) is 9.30. The average molecular weight is 417 g/mol. The van der Waals surface area contributed by atoms with E-state index in [9.17, 15) is 18.0 Å². The zero-order valence-corrected chi connectivity index (χ0v) is 17.2. The van der Waals surface area contributed by atoms with Crippen molar-refractivity contribution in [1.82, 2.24) is 4.31 Å². The van der Waals surface area contributed by atoms with Crippen LogP contribution in [0.4, 0.5) is 5.69 Å². The highest BCUT2D eigenvalue weighted by molar-refractivity contribution is 7.88. The number of benzene rings is 2. The fraction of sp³-hybridized carbons (Fsp3) is 0.333. The van der Waals surface area contributed by atoms with E-state index >= 15 is 0 Å². The van der Waals surface area contributed by atoms with E-state index in [2.05, 4.69) is 5.32 Å². The molecule has 0 aliphatic carbocycles. The van der Waals surface area contributed by atoms with E-state index in [1.54, 1.807) is 24.3 Å². The number of amides is 1. The molecule has 3 rings (SSSR count). The first kappa shape index (κ1) is 21.2. The maximum Gasteiger partial charge on any atom is 0.279 e. The largest absolute Gasteiger partial charge is 0.325 e. The van der Waals surface area contributed by atoms with Crippen molar-refractivity contribution in [2.24, 2.45) is 0 Å². The number of ketones is 1. The van der Waals surface area contributed by atoms with Crippen LogP contribution in [0.2, 0.25) is 0 Å². The molecule has 1 fully saturated rings. The Bertz CT molecular complexity index is 968. The number of Topliss-reactive ketones (excluding diaryl/α,β-unsaturated/α-hetero) is 1. The minimum absolute atomic E-state index is 0.00844. The number of carbonyl (C=O) groups is 2. The SMILES string of the molecule is CC(=O)c1ccccc1NC(=O)C[NH+]1CCN(S(=O)(=O)Cc2ccccc2)CC1. The summed E-state index contributed by atoms with van der Waals surface area (Å²) >= 11 is 0. The van der Waals surface area contributed by atoms with Crippen molar-refractivity contribution in [1.29, 1.82) is 0 Å². The number of sulfonamides is 1. The van der Waals surface area contributed by atoms with Crippen molar-refractivity contribution >= 4 is 27.4 Å². The van der Waals surface area contributed by atoms with E-state index in [1.165, 1.54) is 11.2 Å². The Morgan fingerprint density at radius 3 is 2.28 bits per heavy atom. The number of nitrogens with zero attached hydrogens (tertiary/aromatic N) is 1. The molecule has 1 aliphatic rings. The van der Waals surface area contributed by atoms with Gasteiger partial charge in [-0.2, -0.15) is 4.31 Å². The van der Waals surface area contributed by atoms with Gasteiger partial charge in [0.15, 0.2) is 12.3 Å². The third kappa shape index (κ3) is 5.72. The van der Waals surface area contributed by atoms with Crippen LogP contribution in [0.3, 0.4) is 0 Å². The molecule has 0 radical (unpaired) electrons. The molecular weight excluding hydrogens is 390 g/mol. The molecule has 0 unspecified atom stereocenters. The van der Waals surface area contributed by atoms with Gasteiger partial charge in [-0.25, -0.2) is 8.42 Å². The lowest BCUT2D eigenvalue weighted by Gasteiger charge is -2.31. The first-order valence-corrected chi connectivity index (χ1v) is 11.2. The fourth-order valence-corrected chi connectivity index (χ4v) is 4.99. The van der Waals surface area contributed by atoms with Crippen molar-refractivity contribution in [3.8, 4) is 0 Å².